The molecule has 1 heterocycles. The van der Waals surface area contributed by atoms with Gasteiger partial charge in [0.1, 0.15) is 5.75 Å². The Morgan fingerprint density at radius 1 is 1.33 bits per heavy atom. The summed E-state index contributed by atoms with van der Waals surface area (Å²) in [7, 11) is 0. The molecule has 0 aliphatic carbocycles. The van der Waals surface area contributed by atoms with Gasteiger partial charge in [0.25, 0.3) is 5.91 Å². The Bertz CT molecular complexity index is 565. The van der Waals surface area contributed by atoms with Crippen LogP contribution in [0.1, 0.15) is 20.3 Å². The molecule has 7 heteroatoms. The first-order chi connectivity index (χ1) is 11.4. The van der Waals surface area contributed by atoms with Gasteiger partial charge in [-0.1, -0.05) is 30.1 Å². The summed E-state index contributed by atoms with van der Waals surface area (Å²) in [5.41, 5.74) is -0.0803. The van der Waals surface area contributed by atoms with Crippen molar-refractivity contribution in [1.82, 2.24) is 10.2 Å². The summed E-state index contributed by atoms with van der Waals surface area (Å²) >= 11 is 11.8. The fraction of sp³-hybridized carbons (Fsp3) is 0.588. The fourth-order valence-corrected chi connectivity index (χ4v) is 2.91. The first-order valence-electron chi connectivity index (χ1n) is 8.12. The molecule has 0 radical (unpaired) electrons. The van der Waals surface area contributed by atoms with Crippen LogP contribution in [0.2, 0.25) is 10.0 Å². The molecule has 1 atom stereocenters. The van der Waals surface area contributed by atoms with Crippen LogP contribution in [0.15, 0.2) is 18.2 Å². The van der Waals surface area contributed by atoms with Crippen LogP contribution < -0.4 is 10.1 Å². The van der Waals surface area contributed by atoms with Crippen molar-refractivity contribution in [2.24, 2.45) is 0 Å². The minimum Gasteiger partial charge on any atom is -0.484 e. The maximum Gasteiger partial charge on any atom is 0.258 e. The third kappa shape index (κ3) is 5.24. The van der Waals surface area contributed by atoms with E-state index in [9.17, 15) is 4.79 Å². The molecule has 24 heavy (non-hydrogen) atoms. The molecule has 5 nitrogen and oxygen atoms in total. The average molecular weight is 375 g/mol. The van der Waals surface area contributed by atoms with Gasteiger partial charge in [-0.3, -0.25) is 9.69 Å². The molecule has 134 valence electrons. The second-order valence-corrected chi connectivity index (χ2v) is 6.91. The predicted molar refractivity (Wildman–Crippen MR) is 96.1 cm³/mol. The van der Waals surface area contributed by atoms with Crippen LogP contribution >= 0.6 is 23.2 Å². The summed E-state index contributed by atoms with van der Waals surface area (Å²) in [5.74, 6) is 0.361. The number of hydrogen-bond donors (Lipinski definition) is 1. The number of hydrogen-bond acceptors (Lipinski definition) is 4. The Morgan fingerprint density at radius 2 is 2.04 bits per heavy atom. The van der Waals surface area contributed by atoms with Crippen molar-refractivity contribution in [3.63, 3.8) is 0 Å². The number of halogens is 2. The van der Waals surface area contributed by atoms with Crippen molar-refractivity contribution in [1.29, 1.82) is 0 Å². The summed E-state index contributed by atoms with van der Waals surface area (Å²) in [6, 6.07) is 4.93. The van der Waals surface area contributed by atoms with E-state index >= 15 is 0 Å². The second kappa shape index (κ2) is 8.90. The Balaban J connectivity index is 1.81. The molecule has 1 aromatic carbocycles. The minimum absolute atomic E-state index is 0.0547. The molecule has 0 saturated carbocycles. The Kier molecular flexibility index (Phi) is 7.16. The molecule has 0 bridgehead atoms. The molecule has 1 unspecified atom stereocenters. The van der Waals surface area contributed by atoms with Crippen molar-refractivity contribution < 1.29 is 14.3 Å². The van der Waals surface area contributed by atoms with E-state index in [-0.39, 0.29) is 18.1 Å². The molecule has 1 fully saturated rings. The van der Waals surface area contributed by atoms with Crippen LogP contribution in [-0.2, 0) is 9.53 Å². The molecular formula is C17H24Cl2N2O3. The summed E-state index contributed by atoms with van der Waals surface area (Å²) in [5, 5.41) is 3.82. The highest BCUT2D eigenvalue weighted by atomic mass is 35.5. The van der Waals surface area contributed by atoms with Crippen LogP contribution in [0, 0.1) is 0 Å². The van der Waals surface area contributed by atoms with Gasteiger partial charge in [-0.15, -0.1) is 0 Å². The van der Waals surface area contributed by atoms with Gasteiger partial charge in [-0.2, -0.15) is 0 Å². The monoisotopic (exact) mass is 374 g/mol. The lowest BCUT2D eigenvalue weighted by Gasteiger charge is -2.43. The Morgan fingerprint density at radius 3 is 2.67 bits per heavy atom. The molecule has 1 aliphatic heterocycles. The number of amides is 1. The summed E-state index contributed by atoms with van der Waals surface area (Å²) < 4.78 is 10.9. The lowest BCUT2D eigenvalue weighted by atomic mass is 9.95. The highest BCUT2D eigenvalue weighted by molar-refractivity contribution is 6.42. The zero-order valence-electron chi connectivity index (χ0n) is 14.1. The van der Waals surface area contributed by atoms with Crippen LogP contribution in [0.25, 0.3) is 0 Å². The quantitative estimate of drug-likeness (QED) is 0.796. The number of ether oxygens (including phenoxy) is 2. The van der Waals surface area contributed by atoms with Crippen LogP contribution in [0.3, 0.4) is 0 Å². The Hall–Kier alpha value is -1.01. The number of carbonyl (C=O) groups is 1. The molecule has 1 N–H and O–H groups in total. The van der Waals surface area contributed by atoms with E-state index in [2.05, 4.69) is 24.1 Å². The van der Waals surface area contributed by atoms with Crippen molar-refractivity contribution in [2.75, 3.05) is 39.5 Å². The number of benzene rings is 1. The van der Waals surface area contributed by atoms with Crippen LogP contribution in [0.5, 0.6) is 5.75 Å². The third-order valence-electron chi connectivity index (χ3n) is 4.46. The molecule has 2 rings (SSSR count). The van der Waals surface area contributed by atoms with Crippen molar-refractivity contribution in [2.45, 2.75) is 25.8 Å². The van der Waals surface area contributed by atoms with E-state index in [1.54, 1.807) is 18.2 Å². The smallest absolute Gasteiger partial charge is 0.258 e. The van der Waals surface area contributed by atoms with E-state index in [1.807, 2.05) is 0 Å². The highest BCUT2D eigenvalue weighted by Crippen LogP contribution is 2.26. The molecule has 1 saturated heterocycles. The second-order valence-electron chi connectivity index (χ2n) is 6.09. The third-order valence-corrected chi connectivity index (χ3v) is 5.20. The van der Waals surface area contributed by atoms with Gasteiger partial charge in [-0.25, -0.2) is 0 Å². The lowest BCUT2D eigenvalue weighted by Crippen LogP contribution is -2.57. The van der Waals surface area contributed by atoms with Gasteiger partial charge in [0.15, 0.2) is 6.61 Å². The molecule has 1 amide bonds. The van der Waals surface area contributed by atoms with Crippen molar-refractivity contribution in [3.8, 4) is 5.75 Å². The molecule has 1 aliphatic rings. The van der Waals surface area contributed by atoms with Crippen LogP contribution in [-0.4, -0.2) is 55.8 Å². The fourth-order valence-electron chi connectivity index (χ4n) is 2.62. The molecular weight excluding hydrogens is 351 g/mol. The lowest BCUT2D eigenvalue weighted by molar-refractivity contribution is -0.124. The van der Waals surface area contributed by atoms with Crippen LogP contribution in [0.4, 0.5) is 0 Å². The van der Waals surface area contributed by atoms with Crippen molar-refractivity contribution in [3.05, 3.63) is 28.2 Å². The van der Waals surface area contributed by atoms with E-state index in [0.29, 0.717) is 22.3 Å². The zero-order valence-corrected chi connectivity index (χ0v) is 15.6. The van der Waals surface area contributed by atoms with E-state index in [4.69, 9.17) is 32.7 Å². The van der Waals surface area contributed by atoms with Gasteiger partial charge in [-0.05, 0) is 25.5 Å². The maximum absolute atomic E-state index is 12.1. The van der Waals surface area contributed by atoms with Gasteiger partial charge < -0.3 is 14.8 Å². The predicted octanol–water partition coefficient (Wildman–Crippen LogP) is 2.99. The van der Waals surface area contributed by atoms with Gasteiger partial charge in [0.2, 0.25) is 0 Å². The summed E-state index contributed by atoms with van der Waals surface area (Å²) in [6.07, 6.45) is 0.945. The molecule has 1 aromatic rings. The number of nitrogens with one attached hydrogen (secondary N) is 1. The summed E-state index contributed by atoms with van der Waals surface area (Å²) in [6.45, 7) is 8.08. The Labute approximate surface area is 153 Å². The van der Waals surface area contributed by atoms with Crippen molar-refractivity contribution >= 4 is 29.1 Å². The molecule has 0 spiro atoms. The SMILES string of the molecule is CCC(C)(CNC(=O)COc1ccc(Cl)c(Cl)c1)N1CCOCC1. The topological polar surface area (TPSA) is 50.8 Å². The normalized spacial score (nSPS) is 18.0. The van der Waals surface area contributed by atoms with E-state index in [0.717, 1.165) is 32.7 Å². The maximum atomic E-state index is 12.1. The number of carbonyl (C=O) groups excluding carboxylic acids is 1. The highest BCUT2D eigenvalue weighted by Gasteiger charge is 2.31. The van der Waals surface area contributed by atoms with E-state index in [1.165, 1.54) is 0 Å². The van der Waals surface area contributed by atoms with Gasteiger partial charge >= 0.3 is 0 Å². The number of rotatable bonds is 7. The zero-order chi connectivity index (χ0) is 17.6. The summed E-state index contributed by atoms with van der Waals surface area (Å²) in [4.78, 5) is 14.4. The van der Waals surface area contributed by atoms with E-state index < -0.39 is 0 Å². The standard InChI is InChI=1S/C17H24Cl2N2O3/c1-3-17(2,21-6-8-23-9-7-21)12-20-16(22)11-24-13-4-5-14(18)15(19)10-13/h4-5,10H,3,6-9,11-12H2,1-2H3,(H,20,22). The van der Waals surface area contributed by atoms with Gasteiger partial charge in [0, 0.05) is 31.2 Å². The molecule has 0 aromatic heterocycles. The first-order valence-corrected chi connectivity index (χ1v) is 8.87. The average Bonchev–Trinajstić information content (AvgIpc) is 2.61. The minimum atomic E-state index is -0.158. The number of morpholine rings is 1. The largest absolute Gasteiger partial charge is 0.484 e. The van der Waals surface area contributed by atoms with Gasteiger partial charge in [0.05, 0.1) is 23.3 Å². The first kappa shape index (κ1) is 19.3. The number of nitrogens with zero attached hydrogens (tertiary/aromatic N) is 1.